The summed E-state index contributed by atoms with van der Waals surface area (Å²) in [4.78, 5) is 28.0. The lowest BCUT2D eigenvalue weighted by atomic mass is 10.0. The van der Waals surface area contributed by atoms with Crippen LogP contribution in [-0.2, 0) is 11.3 Å². The number of hydrogen-bond acceptors (Lipinski definition) is 4. The monoisotopic (exact) mass is 417 g/mol. The summed E-state index contributed by atoms with van der Waals surface area (Å²) in [5.74, 6) is 0.985. The molecule has 1 aromatic carbocycles. The highest BCUT2D eigenvalue weighted by molar-refractivity contribution is 6.06. The van der Waals surface area contributed by atoms with E-state index in [2.05, 4.69) is 34.4 Å². The molecule has 160 valence electrons. The summed E-state index contributed by atoms with van der Waals surface area (Å²) in [6.45, 7) is 6.00. The molecular weight excluding hydrogens is 390 g/mol. The fourth-order valence-electron chi connectivity index (χ4n) is 4.75. The average Bonchev–Trinajstić information content (AvgIpc) is 3.30. The van der Waals surface area contributed by atoms with Crippen LogP contribution in [0.25, 0.3) is 22.1 Å². The van der Waals surface area contributed by atoms with Gasteiger partial charge >= 0.3 is 0 Å². The molecular formula is C24H27N5O2. The Kier molecular flexibility index (Phi) is 4.98. The van der Waals surface area contributed by atoms with Gasteiger partial charge < -0.3 is 19.2 Å². The number of benzene rings is 1. The van der Waals surface area contributed by atoms with Gasteiger partial charge in [-0.2, -0.15) is 0 Å². The number of piperidine rings is 1. The Morgan fingerprint density at radius 1 is 1.19 bits per heavy atom. The van der Waals surface area contributed by atoms with Crippen molar-refractivity contribution in [3.05, 3.63) is 59.2 Å². The molecule has 1 aliphatic rings. The number of aromatic amines is 1. The number of carbonyl (C=O) groups is 1. The van der Waals surface area contributed by atoms with E-state index in [0.29, 0.717) is 19.7 Å². The first-order valence-electron chi connectivity index (χ1n) is 10.8. The lowest BCUT2D eigenvalue weighted by molar-refractivity contribution is 0.0694. The van der Waals surface area contributed by atoms with E-state index in [1.807, 2.05) is 29.2 Å². The number of hydrogen-bond donors (Lipinski definition) is 1. The van der Waals surface area contributed by atoms with Crippen molar-refractivity contribution in [2.45, 2.75) is 39.3 Å². The standard InChI is InChI=1S/C24H27N5O2/c1-15-16(2)26-22-18(15)6-4-7-19(22)24(30)28-12-9-17(10-13-28)29-21(14-31-3)27-20-8-5-11-25-23(20)29/h4-8,11,17,26H,9-10,12-14H2,1-3H3. The molecule has 1 amide bonds. The number of fused-ring (bicyclic) bond motifs is 2. The molecule has 0 bridgehead atoms. The van der Waals surface area contributed by atoms with Crippen molar-refractivity contribution in [3.63, 3.8) is 0 Å². The van der Waals surface area contributed by atoms with Gasteiger partial charge in [0.15, 0.2) is 5.65 Å². The first kappa shape index (κ1) is 19.8. The molecule has 0 spiro atoms. The van der Waals surface area contributed by atoms with Crippen molar-refractivity contribution < 1.29 is 9.53 Å². The third-order valence-corrected chi connectivity index (χ3v) is 6.49. The van der Waals surface area contributed by atoms with Gasteiger partial charge in [0.1, 0.15) is 17.9 Å². The minimum absolute atomic E-state index is 0.0935. The molecule has 0 saturated carbocycles. The van der Waals surface area contributed by atoms with Crippen LogP contribution in [0.15, 0.2) is 36.5 Å². The zero-order valence-corrected chi connectivity index (χ0v) is 18.2. The second-order valence-corrected chi connectivity index (χ2v) is 8.30. The Labute approximate surface area is 181 Å². The van der Waals surface area contributed by atoms with Crippen LogP contribution in [0, 0.1) is 13.8 Å². The Morgan fingerprint density at radius 2 is 2.00 bits per heavy atom. The molecule has 7 heteroatoms. The highest BCUT2D eigenvalue weighted by Crippen LogP contribution is 2.30. The van der Waals surface area contributed by atoms with Gasteiger partial charge in [-0.1, -0.05) is 12.1 Å². The minimum Gasteiger partial charge on any atom is -0.377 e. The van der Waals surface area contributed by atoms with Crippen LogP contribution in [-0.4, -0.2) is 50.5 Å². The van der Waals surface area contributed by atoms with E-state index in [1.165, 1.54) is 5.56 Å². The van der Waals surface area contributed by atoms with Gasteiger partial charge in [0.25, 0.3) is 5.91 Å². The van der Waals surface area contributed by atoms with Gasteiger partial charge in [0.05, 0.1) is 11.1 Å². The lowest BCUT2D eigenvalue weighted by Crippen LogP contribution is -2.39. The van der Waals surface area contributed by atoms with Gasteiger partial charge in [0, 0.05) is 43.5 Å². The number of pyridine rings is 1. The lowest BCUT2D eigenvalue weighted by Gasteiger charge is -2.33. The molecule has 1 aliphatic heterocycles. The Bertz CT molecular complexity index is 1260. The number of imidazole rings is 1. The number of H-pyrrole nitrogens is 1. The van der Waals surface area contributed by atoms with Crippen molar-refractivity contribution in [2.24, 2.45) is 0 Å². The number of nitrogens with zero attached hydrogens (tertiary/aromatic N) is 4. The second kappa shape index (κ2) is 7.81. The van der Waals surface area contributed by atoms with Crippen molar-refractivity contribution >= 4 is 28.0 Å². The number of rotatable bonds is 4. The first-order valence-corrected chi connectivity index (χ1v) is 10.8. The van der Waals surface area contributed by atoms with E-state index in [4.69, 9.17) is 9.72 Å². The zero-order chi connectivity index (χ0) is 21.5. The van der Waals surface area contributed by atoms with Gasteiger partial charge in [-0.05, 0) is 50.5 Å². The first-order chi connectivity index (χ1) is 15.1. The molecule has 0 unspecified atom stereocenters. The predicted molar refractivity (Wildman–Crippen MR) is 120 cm³/mol. The van der Waals surface area contributed by atoms with Gasteiger partial charge in [-0.15, -0.1) is 0 Å². The molecule has 3 aromatic heterocycles. The largest absolute Gasteiger partial charge is 0.377 e. The summed E-state index contributed by atoms with van der Waals surface area (Å²) in [5, 5.41) is 1.12. The summed E-state index contributed by atoms with van der Waals surface area (Å²) < 4.78 is 7.59. The van der Waals surface area contributed by atoms with Crippen LogP contribution in [0.2, 0.25) is 0 Å². The van der Waals surface area contributed by atoms with Gasteiger partial charge in [-0.3, -0.25) is 4.79 Å². The topological polar surface area (TPSA) is 76.0 Å². The number of ether oxygens (including phenoxy) is 1. The average molecular weight is 418 g/mol. The number of methoxy groups -OCH3 is 1. The van der Waals surface area contributed by atoms with Crippen molar-refractivity contribution in [3.8, 4) is 0 Å². The summed E-state index contributed by atoms with van der Waals surface area (Å²) in [5.41, 5.74) is 5.78. The Hall–Kier alpha value is -3.19. The second-order valence-electron chi connectivity index (χ2n) is 8.30. The van der Waals surface area contributed by atoms with E-state index < -0.39 is 0 Å². The molecule has 0 aliphatic carbocycles. The summed E-state index contributed by atoms with van der Waals surface area (Å²) in [7, 11) is 1.68. The Morgan fingerprint density at radius 3 is 2.77 bits per heavy atom. The van der Waals surface area contributed by atoms with Crippen molar-refractivity contribution in [1.29, 1.82) is 0 Å². The maximum atomic E-state index is 13.4. The summed E-state index contributed by atoms with van der Waals surface area (Å²) in [6, 6.07) is 10.1. The molecule has 0 radical (unpaired) electrons. The molecule has 1 N–H and O–H groups in total. The number of aryl methyl sites for hydroxylation is 2. The number of aromatic nitrogens is 4. The zero-order valence-electron chi connectivity index (χ0n) is 18.2. The number of nitrogens with one attached hydrogen (secondary N) is 1. The molecule has 31 heavy (non-hydrogen) atoms. The highest BCUT2D eigenvalue weighted by Gasteiger charge is 2.28. The van der Waals surface area contributed by atoms with Crippen LogP contribution in [0.4, 0.5) is 0 Å². The van der Waals surface area contributed by atoms with E-state index in [-0.39, 0.29) is 11.9 Å². The highest BCUT2D eigenvalue weighted by atomic mass is 16.5. The van der Waals surface area contributed by atoms with E-state index in [9.17, 15) is 4.79 Å². The van der Waals surface area contributed by atoms with Crippen LogP contribution in [0.3, 0.4) is 0 Å². The summed E-state index contributed by atoms with van der Waals surface area (Å²) >= 11 is 0. The number of carbonyl (C=O) groups excluding carboxylic acids is 1. The molecule has 0 atom stereocenters. The maximum absolute atomic E-state index is 13.4. The number of amides is 1. The third kappa shape index (κ3) is 3.29. The van der Waals surface area contributed by atoms with Crippen LogP contribution in [0.1, 0.15) is 46.3 Å². The molecule has 1 fully saturated rings. The normalized spacial score (nSPS) is 15.3. The maximum Gasteiger partial charge on any atom is 0.255 e. The van der Waals surface area contributed by atoms with Crippen LogP contribution >= 0.6 is 0 Å². The van der Waals surface area contributed by atoms with Crippen LogP contribution < -0.4 is 0 Å². The molecule has 1 saturated heterocycles. The number of likely N-dealkylation sites (tertiary alicyclic amines) is 1. The smallest absolute Gasteiger partial charge is 0.255 e. The predicted octanol–water partition coefficient (Wildman–Crippen LogP) is 4.15. The molecule has 5 rings (SSSR count). The third-order valence-electron chi connectivity index (χ3n) is 6.49. The molecule has 4 aromatic rings. The van der Waals surface area contributed by atoms with Crippen molar-refractivity contribution in [1.82, 2.24) is 24.4 Å². The Balaban J connectivity index is 1.39. The van der Waals surface area contributed by atoms with E-state index >= 15 is 0 Å². The van der Waals surface area contributed by atoms with E-state index in [1.54, 1.807) is 13.3 Å². The number of para-hydroxylation sites is 1. The quantitative estimate of drug-likeness (QED) is 0.541. The van der Waals surface area contributed by atoms with Gasteiger partial charge in [-0.25, -0.2) is 9.97 Å². The fourth-order valence-corrected chi connectivity index (χ4v) is 4.75. The van der Waals surface area contributed by atoms with Crippen LogP contribution in [0.5, 0.6) is 0 Å². The SMILES string of the molecule is COCc1nc2cccnc2n1C1CCN(C(=O)c2cccc3c(C)c(C)[nH]c23)CC1. The fraction of sp³-hybridized carbons (Fsp3) is 0.375. The van der Waals surface area contributed by atoms with E-state index in [0.717, 1.165) is 52.0 Å². The minimum atomic E-state index is 0.0935. The summed E-state index contributed by atoms with van der Waals surface area (Å²) in [6.07, 6.45) is 3.53. The van der Waals surface area contributed by atoms with Gasteiger partial charge in [0.2, 0.25) is 0 Å². The molecule has 7 nitrogen and oxygen atoms in total. The van der Waals surface area contributed by atoms with Crippen molar-refractivity contribution in [2.75, 3.05) is 20.2 Å². The molecule has 4 heterocycles.